The van der Waals surface area contributed by atoms with Gasteiger partial charge < -0.3 is 14.2 Å². The maximum absolute atomic E-state index is 13.3. The number of nitrogens with zero attached hydrogens (tertiary/aromatic N) is 1. The van der Waals surface area contributed by atoms with Crippen LogP contribution < -0.4 is 14.5 Å². The summed E-state index contributed by atoms with van der Waals surface area (Å²) in [5, 5.41) is 0.226. The molecule has 1 saturated carbocycles. The monoisotopic (exact) mass is 609 g/mol. The number of hydrogen-bond donors (Lipinski definition) is 0. The molecule has 0 radical (unpaired) electrons. The van der Waals surface area contributed by atoms with E-state index in [0.717, 1.165) is 34.3 Å². The van der Waals surface area contributed by atoms with Gasteiger partial charge >= 0.3 is 12.6 Å². The Morgan fingerprint density at radius 1 is 1.24 bits per heavy atom. The maximum Gasteiger partial charge on any atom is 0.387 e. The molecule has 1 aromatic heterocycles. The van der Waals surface area contributed by atoms with Crippen LogP contribution in [0.2, 0.25) is 10.0 Å². The van der Waals surface area contributed by atoms with E-state index in [1.54, 1.807) is 0 Å². The van der Waals surface area contributed by atoms with Gasteiger partial charge in [-0.1, -0.05) is 35.8 Å². The van der Waals surface area contributed by atoms with Crippen LogP contribution in [0, 0.1) is 5.92 Å². The molecule has 1 N–H and O–H groups in total. The number of pyridine rings is 1. The fraction of sp³-hybridized carbons (Fsp3) is 0.417. The van der Waals surface area contributed by atoms with E-state index in [4.69, 9.17) is 32.7 Å². The molecular formula is C24H25Cl2F2N2O6S2+. The zero-order valence-corrected chi connectivity index (χ0v) is 23.1. The molecule has 2 aromatic rings. The van der Waals surface area contributed by atoms with Gasteiger partial charge in [0, 0.05) is 29.7 Å². The van der Waals surface area contributed by atoms with Crippen LogP contribution in [0.25, 0.3) is 0 Å². The summed E-state index contributed by atoms with van der Waals surface area (Å²) in [6.07, 6.45) is 3.98. The normalized spacial score (nSPS) is 18.8. The van der Waals surface area contributed by atoms with Gasteiger partial charge in [0.15, 0.2) is 29.3 Å². The summed E-state index contributed by atoms with van der Waals surface area (Å²) in [6, 6.07) is 4.25. The smallest absolute Gasteiger partial charge is 0.387 e. The van der Waals surface area contributed by atoms with Crippen LogP contribution in [0.15, 0.2) is 42.6 Å². The molecule has 2 heterocycles. The molecule has 1 aliphatic heterocycles. The lowest BCUT2D eigenvalue weighted by Gasteiger charge is -2.25. The van der Waals surface area contributed by atoms with Gasteiger partial charge in [-0.15, -0.1) is 11.8 Å². The minimum atomic E-state index is -3.88. The molecule has 0 spiro atoms. The van der Waals surface area contributed by atoms with Gasteiger partial charge in [-0.05, 0) is 36.5 Å². The average Bonchev–Trinajstić information content (AvgIpc) is 3.56. The number of H-pyrrole nitrogens is 1. The number of benzene rings is 1. The first-order valence-electron chi connectivity index (χ1n) is 11.6. The maximum atomic E-state index is 13.3. The Kier molecular flexibility index (Phi) is 9.40. The molecule has 1 aliphatic carbocycles. The van der Waals surface area contributed by atoms with Gasteiger partial charge in [-0.3, -0.25) is 0 Å². The number of rotatable bonds is 12. The van der Waals surface area contributed by atoms with E-state index in [0.29, 0.717) is 29.4 Å². The van der Waals surface area contributed by atoms with Gasteiger partial charge in [0.25, 0.3) is 0 Å². The first-order valence-corrected chi connectivity index (χ1v) is 14.9. The van der Waals surface area contributed by atoms with Gasteiger partial charge in [0.2, 0.25) is 10.0 Å². The van der Waals surface area contributed by atoms with Crippen molar-refractivity contribution in [3.63, 3.8) is 0 Å². The lowest BCUT2D eigenvalue weighted by atomic mass is 10.0. The van der Waals surface area contributed by atoms with Crippen molar-refractivity contribution < 1.29 is 41.2 Å². The second-order valence-electron chi connectivity index (χ2n) is 8.64. The number of halogens is 4. The topological polar surface area (TPSA) is 96.3 Å². The number of carbonyl (C=O) groups excluding carboxylic acids is 1. The number of hydrogen-bond acceptors (Lipinski definition) is 7. The SMILES string of the molecule is C=CS(=O)(=O)N1CCS[C@H]1C(=O)O[C@@H](Cc1c(Cl)c[nH+]cc1Cl)c1ccc(OC(F)F)c(OCC2CC2)c1. The Balaban J connectivity index is 1.67. The second-order valence-corrected chi connectivity index (χ2v) is 12.5. The van der Waals surface area contributed by atoms with E-state index in [9.17, 15) is 22.0 Å². The standard InChI is InChI=1S/C24H24Cl2F2N2O6S2/c1-2-38(32,33)30-7-8-37-22(30)23(31)35-20(10-16-17(25)11-29-12-18(16)26)15-5-6-19(36-24(27)28)21(9-15)34-13-14-3-4-14/h2,5-6,9,11-12,14,20,22,24H,1,3-4,7-8,10,13H2/p+1/t20-,22-/m0/s1. The zero-order valence-electron chi connectivity index (χ0n) is 19.9. The van der Waals surface area contributed by atoms with E-state index in [-0.39, 0.29) is 34.5 Å². The van der Waals surface area contributed by atoms with Gasteiger partial charge in [-0.2, -0.15) is 13.1 Å². The molecular weight excluding hydrogens is 585 g/mol. The fourth-order valence-electron chi connectivity index (χ4n) is 3.80. The first-order chi connectivity index (χ1) is 18.1. The molecule has 0 bridgehead atoms. The van der Waals surface area contributed by atoms with Crippen molar-refractivity contribution in [2.24, 2.45) is 5.92 Å². The van der Waals surface area contributed by atoms with Crippen molar-refractivity contribution in [3.8, 4) is 11.5 Å². The number of aromatic amines is 1. The zero-order chi connectivity index (χ0) is 27.4. The lowest BCUT2D eigenvalue weighted by Crippen LogP contribution is -2.39. The minimum absolute atomic E-state index is 0.0147. The summed E-state index contributed by atoms with van der Waals surface area (Å²) < 4.78 is 68.1. The third kappa shape index (κ3) is 7.09. The first kappa shape index (κ1) is 28.9. The number of ether oxygens (including phenoxy) is 3. The van der Waals surface area contributed by atoms with Crippen LogP contribution in [0.4, 0.5) is 8.78 Å². The highest BCUT2D eigenvalue weighted by atomic mass is 35.5. The van der Waals surface area contributed by atoms with Crippen LogP contribution in [-0.2, 0) is 26.0 Å². The van der Waals surface area contributed by atoms with E-state index < -0.39 is 34.1 Å². The van der Waals surface area contributed by atoms with Crippen LogP contribution in [0.3, 0.4) is 0 Å². The number of alkyl halides is 2. The molecule has 0 amide bonds. The quantitative estimate of drug-likeness (QED) is 0.317. The van der Waals surface area contributed by atoms with Crippen molar-refractivity contribution in [2.75, 3.05) is 18.9 Å². The summed E-state index contributed by atoms with van der Waals surface area (Å²) >= 11 is 13.8. The van der Waals surface area contributed by atoms with Crippen molar-refractivity contribution >= 4 is 51.0 Å². The molecule has 14 heteroatoms. The van der Waals surface area contributed by atoms with Gasteiger partial charge in [0.05, 0.1) is 6.61 Å². The number of nitrogens with one attached hydrogen (secondary N) is 1. The van der Waals surface area contributed by atoms with Crippen molar-refractivity contribution in [1.29, 1.82) is 0 Å². The number of carbonyl (C=O) groups is 1. The highest BCUT2D eigenvalue weighted by Gasteiger charge is 2.40. The predicted molar refractivity (Wildman–Crippen MR) is 139 cm³/mol. The molecule has 2 fully saturated rings. The summed E-state index contributed by atoms with van der Waals surface area (Å²) in [4.78, 5) is 16.1. The van der Waals surface area contributed by atoms with Gasteiger partial charge in [-0.25, -0.2) is 18.2 Å². The molecule has 2 atom stereocenters. The summed E-state index contributed by atoms with van der Waals surface area (Å²) in [5.74, 6) is -0.161. The Labute approximate surface area is 233 Å². The molecule has 2 aliphatic rings. The van der Waals surface area contributed by atoms with Crippen molar-refractivity contribution in [1.82, 2.24) is 4.31 Å². The number of sulfonamides is 1. The number of aromatic nitrogens is 1. The Morgan fingerprint density at radius 3 is 2.58 bits per heavy atom. The molecule has 38 heavy (non-hydrogen) atoms. The van der Waals surface area contributed by atoms with E-state index in [1.807, 2.05) is 0 Å². The number of thioether (sulfide) groups is 1. The lowest BCUT2D eigenvalue weighted by molar-refractivity contribution is -0.377. The Morgan fingerprint density at radius 2 is 1.95 bits per heavy atom. The largest absolute Gasteiger partial charge is 0.489 e. The second kappa shape index (κ2) is 12.4. The third-order valence-electron chi connectivity index (χ3n) is 5.96. The highest BCUT2D eigenvalue weighted by molar-refractivity contribution is 8.02. The minimum Gasteiger partial charge on any atom is -0.489 e. The summed E-state index contributed by atoms with van der Waals surface area (Å²) in [5.41, 5.74) is 0.861. The Bertz CT molecular complexity index is 1280. The summed E-state index contributed by atoms with van der Waals surface area (Å²) in [7, 11) is -3.88. The van der Waals surface area contributed by atoms with Crippen LogP contribution in [0.5, 0.6) is 11.5 Å². The van der Waals surface area contributed by atoms with Crippen LogP contribution in [-0.4, -0.2) is 49.6 Å². The molecule has 4 rings (SSSR count). The molecule has 0 unspecified atom stereocenters. The van der Waals surface area contributed by atoms with Crippen molar-refractivity contribution in [3.05, 3.63) is 63.8 Å². The fourth-order valence-corrected chi connectivity index (χ4v) is 6.87. The molecule has 1 aromatic carbocycles. The van der Waals surface area contributed by atoms with Crippen LogP contribution >= 0.6 is 35.0 Å². The average molecular weight is 611 g/mol. The third-order valence-corrected chi connectivity index (χ3v) is 9.42. The molecule has 1 saturated heterocycles. The van der Waals surface area contributed by atoms with Gasteiger partial charge in [0.1, 0.15) is 16.1 Å². The van der Waals surface area contributed by atoms with E-state index in [1.165, 1.54) is 30.6 Å². The highest BCUT2D eigenvalue weighted by Crippen LogP contribution is 2.38. The molecule has 206 valence electrons. The predicted octanol–water partition coefficient (Wildman–Crippen LogP) is 4.87. The van der Waals surface area contributed by atoms with Crippen LogP contribution in [0.1, 0.15) is 30.1 Å². The van der Waals surface area contributed by atoms with E-state index in [2.05, 4.69) is 16.3 Å². The van der Waals surface area contributed by atoms with Crippen molar-refractivity contribution in [2.45, 2.75) is 37.4 Å². The summed E-state index contributed by atoms with van der Waals surface area (Å²) in [6.45, 7) is 0.708. The molecule has 8 nitrogen and oxygen atoms in total. The van der Waals surface area contributed by atoms with E-state index >= 15 is 0 Å². The number of esters is 1. The Hall–Kier alpha value is -2.12.